The van der Waals surface area contributed by atoms with E-state index in [1.54, 1.807) is 18.3 Å². The average molecular weight is 422 g/mol. The monoisotopic (exact) mass is 421 g/mol. The lowest BCUT2D eigenvalue weighted by molar-refractivity contribution is 0.535. The predicted octanol–water partition coefficient (Wildman–Crippen LogP) is 7.11. The molecule has 0 spiro atoms. The van der Waals surface area contributed by atoms with Gasteiger partial charge >= 0.3 is 0 Å². The Morgan fingerprint density at radius 1 is 0.828 bits per heavy atom. The van der Waals surface area contributed by atoms with E-state index in [-0.39, 0.29) is 5.82 Å². The molecule has 0 atom stereocenters. The van der Waals surface area contributed by atoms with Gasteiger partial charge in [-0.2, -0.15) is 5.10 Å². The summed E-state index contributed by atoms with van der Waals surface area (Å²) in [4.78, 5) is 0. The summed E-state index contributed by atoms with van der Waals surface area (Å²) < 4.78 is 12.8. The molecule has 0 saturated carbocycles. The maximum Gasteiger partial charge on any atom is 0.186 e. The lowest BCUT2D eigenvalue weighted by Crippen LogP contribution is -2.32. The Morgan fingerprint density at radius 2 is 1.31 bits per heavy atom. The molecule has 0 heterocycles. The minimum Gasteiger partial charge on any atom is -0.361 e. The van der Waals surface area contributed by atoms with Crippen LogP contribution in [0.5, 0.6) is 0 Å². The van der Waals surface area contributed by atoms with E-state index in [2.05, 4.69) is 22.8 Å². The lowest BCUT2D eigenvalue weighted by atomic mass is 10.0. The smallest absolute Gasteiger partial charge is 0.186 e. The van der Waals surface area contributed by atoms with Crippen molar-refractivity contribution in [2.24, 2.45) is 5.10 Å². The van der Waals surface area contributed by atoms with Gasteiger partial charge in [0.05, 0.1) is 6.21 Å². The molecule has 2 N–H and O–H groups in total. The van der Waals surface area contributed by atoms with E-state index in [4.69, 9.17) is 12.2 Å². The van der Waals surface area contributed by atoms with E-state index >= 15 is 0 Å². The first-order valence-corrected chi connectivity index (χ1v) is 12.0. The average Bonchev–Trinajstić information content (AvgIpc) is 2.72. The number of thiocarbonyl (C=S) groups is 1. The number of benzene rings is 1. The summed E-state index contributed by atoms with van der Waals surface area (Å²) in [6.45, 7) is 3.15. The molecule has 29 heavy (non-hydrogen) atoms. The van der Waals surface area contributed by atoms with Gasteiger partial charge in [0.15, 0.2) is 5.11 Å². The summed E-state index contributed by atoms with van der Waals surface area (Å²) >= 11 is 5.19. The number of unbranched alkanes of at least 4 members (excludes halogenated alkanes) is 13. The summed E-state index contributed by atoms with van der Waals surface area (Å²) in [5.74, 6) is -0.250. The van der Waals surface area contributed by atoms with Crippen LogP contribution in [0.15, 0.2) is 29.4 Å². The first kappa shape index (κ1) is 25.5. The van der Waals surface area contributed by atoms with Crippen LogP contribution in [0, 0.1) is 5.82 Å². The van der Waals surface area contributed by atoms with Crippen LogP contribution in [0.1, 0.15) is 102 Å². The summed E-state index contributed by atoms with van der Waals surface area (Å²) in [5, 5.41) is 7.75. The minimum absolute atomic E-state index is 0.250. The molecular weight excluding hydrogens is 381 g/mol. The highest BCUT2D eigenvalue weighted by Crippen LogP contribution is 2.12. The van der Waals surface area contributed by atoms with Crippen molar-refractivity contribution in [1.29, 1.82) is 0 Å². The topological polar surface area (TPSA) is 36.4 Å². The number of hydrogen-bond donors (Lipinski definition) is 2. The van der Waals surface area contributed by atoms with E-state index in [1.165, 1.54) is 95.6 Å². The first-order valence-electron chi connectivity index (χ1n) is 11.5. The molecule has 0 aliphatic heterocycles. The van der Waals surface area contributed by atoms with Crippen LogP contribution in [-0.4, -0.2) is 17.9 Å². The van der Waals surface area contributed by atoms with Crippen LogP contribution in [0.2, 0.25) is 0 Å². The standard InChI is InChI=1S/C24H40FN3S/c1-2-3-4-5-6-7-8-9-10-11-12-13-14-15-20-26-24(29)28-27-21-22-16-18-23(25)19-17-22/h16-19,21H,2-15,20H2,1H3,(H2,26,28,29)/b27-21+. The highest BCUT2D eigenvalue weighted by Gasteiger charge is 1.96. The Balaban J connectivity index is 1.83. The van der Waals surface area contributed by atoms with Crippen molar-refractivity contribution in [2.75, 3.05) is 6.54 Å². The first-order chi connectivity index (χ1) is 14.2. The van der Waals surface area contributed by atoms with Crippen molar-refractivity contribution >= 4 is 23.5 Å². The molecule has 1 aromatic rings. The van der Waals surface area contributed by atoms with Gasteiger partial charge in [-0.1, -0.05) is 103 Å². The second-order valence-corrected chi connectivity index (χ2v) is 8.18. The maximum absolute atomic E-state index is 12.8. The van der Waals surface area contributed by atoms with E-state index in [9.17, 15) is 4.39 Å². The zero-order valence-corrected chi connectivity index (χ0v) is 19.0. The molecule has 3 nitrogen and oxygen atoms in total. The van der Waals surface area contributed by atoms with Crippen LogP contribution in [-0.2, 0) is 0 Å². The second kappa shape index (κ2) is 18.5. The van der Waals surface area contributed by atoms with Crippen molar-refractivity contribution in [3.05, 3.63) is 35.6 Å². The fraction of sp³-hybridized carbons (Fsp3) is 0.667. The fourth-order valence-corrected chi connectivity index (χ4v) is 3.43. The zero-order chi connectivity index (χ0) is 21.0. The number of rotatable bonds is 17. The van der Waals surface area contributed by atoms with Crippen LogP contribution < -0.4 is 10.7 Å². The van der Waals surface area contributed by atoms with Crippen molar-refractivity contribution in [3.63, 3.8) is 0 Å². The summed E-state index contributed by atoms with van der Waals surface area (Å²) in [6, 6.07) is 6.17. The third-order valence-corrected chi connectivity index (χ3v) is 5.30. The van der Waals surface area contributed by atoms with Gasteiger partial charge in [-0.05, 0) is 36.3 Å². The molecule has 0 fully saturated rings. The van der Waals surface area contributed by atoms with Crippen molar-refractivity contribution < 1.29 is 4.39 Å². The predicted molar refractivity (Wildman–Crippen MR) is 128 cm³/mol. The second-order valence-electron chi connectivity index (χ2n) is 7.77. The Bertz CT molecular complexity index is 546. The third kappa shape index (κ3) is 16.0. The Morgan fingerprint density at radius 3 is 1.83 bits per heavy atom. The third-order valence-electron chi connectivity index (χ3n) is 5.07. The van der Waals surface area contributed by atoms with Crippen LogP contribution >= 0.6 is 12.2 Å². The van der Waals surface area contributed by atoms with Crippen LogP contribution in [0.4, 0.5) is 4.39 Å². The quantitative estimate of drug-likeness (QED) is 0.122. The number of nitrogens with one attached hydrogen (secondary N) is 2. The van der Waals surface area contributed by atoms with Gasteiger partial charge < -0.3 is 5.32 Å². The fourth-order valence-electron chi connectivity index (χ4n) is 3.28. The number of hydrogen-bond acceptors (Lipinski definition) is 2. The Labute approximate surface area is 182 Å². The number of nitrogens with zero attached hydrogens (tertiary/aromatic N) is 1. The molecule has 1 rings (SSSR count). The molecule has 0 amide bonds. The van der Waals surface area contributed by atoms with Crippen molar-refractivity contribution in [3.8, 4) is 0 Å². The molecule has 0 aromatic heterocycles. The molecule has 0 saturated heterocycles. The van der Waals surface area contributed by atoms with E-state index in [0.29, 0.717) is 5.11 Å². The highest BCUT2D eigenvalue weighted by atomic mass is 32.1. The normalized spacial score (nSPS) is 11.1. The zero-order valence-electron chi connectivity index (χ0n) is 18.2. The molecule has 0 aliphatic carbocycles. The Hall–Kier alpha value is -1.49. The number of hydrazone groups is 1. The highest BCUT2D eigenvalue weighted by molar-refractivity contribution is 7.80. The number of halogens is 1. The van der Waals surface area contributed by atoms with Crippen LogP contribution in [0.3, 0.4) is 0 Å². The van der Waals surface area contributed by atoms with Gasteiger partial charge in [-0.25, -0.2) is 4.39 Å². The van der Waals surface area contributed by atoms with Gasteiger partial charge in [0.1, 0.15) is 5.82 Å². The molecular formula is C24H40FN3S. The van der Waals surface area contributed by atoms with Gasteiger partial charge in [0.2, 0.25) is 0 Å². The van der Waals surface area contributed by atoms with Crippen LogP contribution in [0.25, 0.3) is 0 Å². The van der Waals surface area contributed by atoms with Crippen molar-refractivity contribution in [1.82, 2.24) is 10.7 Å². The molecule has 5 heteroatoms. The SMILES string of the molecule is CCCCCCCCCCCCCCCCNC(=S)N/N=C/c1ccc(F)cc1. The van der Waals surface area contributed by atoms with Gasteiger partial charge in [0, 0.05) is 6.54 Å². The van der Waals surface area contributed by atoms with Crippen molar-refractivity contribution in [2.45, 2.75) is 96.8 Å². The summed E-state index contributed by atoms with van der Waals surface area (Å²) in [5.41, 5.74) is 3.62. The Kier molecular flexibility index (Phi) is 16.3. The maximum atomic E-state index is 12.8. The molecule has 0 unspecified atom stereocenters. The molecule has 0 radical (unpaired) electrons. The van der Waals surface area contributed by atoms with E-state index in [1.807, 2.05) is 0 Å². The largest absolute Gasteiger partial charge is 0.361 e. The molecule has 164 valence electrons. The molecule has 0 aliphatic rings. The summed E-state index contributed by atoms with van der Waals surface area (Å²) in [6.07, 6.45) is 20.7. The van der Waals surface area contributed by atoms with E-state index < -0.39 is 0 Å². The van der Waals surface area contributed by atoms with Gasteiger partial charge in [0.25, 0.3) is 0 Å². The van der Waals surface area contributed by atoms with Gasteiger partial charge in [-0.3, -0.25) is 5.43 Å². The molecule has 0 bridgehead atoms. The minimum atomic E-state index is -0.250. The summed E-state index contributed by atoms with van der Waals surface area (Å²) in [7, 11) is 0. The lowest BCUT2D eigenvalue weighted by Gasteiger charge is -2.07. The molecule has 1 aromatic carbocycles. The van der Waals surface area contributed by atoms with E-state index in [0.717, 1.165) is 18.5 Å². The van der Waals surface area contributed by atoms with Gasteiger partial charge in [-0.15, -0.1) is 0 Å².